The van der Waals surface area contributed by atoms with E-state index in [1.807, 2.05) is 24.6 Å². The molecule has 1 aliphatic rings. The second-order valence-corrected chi connectivity index (χ2v) is 2.25. The summed E-state index contributed by atoms with van der Waals surface area (Å²) in [5.74, 6) is 0. The van der Waals surface area contributed by atoms with Crippen LogP contribution in [0.25, 0.3) is 0 Å². The average Bonchev–Trinajstić information content (AvgIpc) is 2.09. The third-order valence-corrected chi connectivity index (χ3v) is 1.42. The van der Waals surface area contributed by atoms with Gasteiger partial charge in [-0.1, -0.05) is 25.3 Å². The van der Waals surface area contributed by atoms with E-state index in [1.165, 1.54) is 0 Å². The van der Waals surface area contributed by atoms with Gasteiger partial charge in [0.2, 0.25) is 0 Å². The number of hydrogen-bond acceptors (Lipinski definition) is 2. The first-order valence-corrected chi connectivity index (χ1v) is 3.72. The van der Waals surface area contributed by atoms with Crippen LogP contribution in [0.15, 0.2) is 61.3 Å². The molecule has 2 nitrogen and oxygen atoms in total. The summed E-state index contributed by atoms with van der Waals surface area (Å²) in [6, 6.07) is 0. The van der Waals surface area contributed by atoms with Crippen molar-refractivity contribution in [3.8, 4) is 0 Å². The summed E-state index contributed by atoms with van der Waals surface area (Å²) in [4.78, 5) is 0. The molecule has 1 aliphatic heterocycles. The quantitative estimate of drug-likeness (QED) is 0.643. The lowest BCUT2D eigenvalue weighted by Crippen LogP contribution is -2.21. The van der Waals surface area contributed by atoms with Gasteiger partial charge in [0.05, 0.1) is 11.4 Å². The summed E-state index contributed by atoms with van der Waals surface area (Å²) >= 11 is 0. The van der Waals surface area contributed by atoms with Crippen molar-refractivity contribution in [3.05, 3.63) is 61.3 Å². The minimum absolute atomic E-state index is 0.993. The monoisotopic (exact) mass is 160 g/mol. The molecule has 12 heavy (non-hydrogen) atoms. The Balaban J connectivity index is 2.90. The second-order valence-electron chi connectivity index (χ2n) is 2.25. The predicted molar refractivity (Wildman–Crippen MR) is 52.0 cm³/mol. The molecule has 2 N–H and O–H groups in total. The molecular formula is C10H12N2. The van der Waals surface area contributed by atoms with Crippen molar-refractivity contribution in [1.29, 1.82) is 0 Å². The van der Waals surface area contributed by atoms with Gasteiger partial charge in [0.15, 0.2) is 0 Å². The lowest BCUT2D eigenvalue weighted by molar-refractivity contribution is 0.915. The first kappa shape index (κ1) is 8.40. The lowest BCUT2D eigenvalue weighted by Gasteiger charge is -2.15. The molecular weight excluding hydrogens is 148 g/mol. The van der Waals surface area contributed by atoms with Crippen molar-refractivity contribution in [3.63, 3.8) is 0 Å². The van der Waals surface area contributed by atoms with E-state index in [0.29, 0.717) is 0 Å². The summed E-state index contributed by atoms with van der Waals surface area (Å²) < 4.78 is 0. The van der Waals surface area contributed by atoms with Crippen molar-refractivity contribution < 1.29 is 0 Å². The molecule has 0 spiro atoms. The Morgan fingerprint density at radius 1 is 0.917 bits per heavy atom. The SMILES string of the molecule is C=C/C=C1/NC=CN/C1=C/C=C. The van der Waals surface area contributed by atoms with Crippen LogP contribution in [0.1, 0.15) is 0 Å². The molecule has 0 atom stereocenters. The zero-order valence-corrected chi connectivity index (χ0v) is 6.88. The summed E-state index contributed by atoms with van der Waals surface area (Å²) in [5.41, 5.74) is 1.99. The normalized spacial score (nSPS) is 21.7. The van der Waals surface area contributed by atoms with Crippen LogP contribution < -0.4 is 10.6 Å². The van der Waals surface area contributed by atoms with Gasteiger partial charge in [-0.25, -0.2) is 0 Å². The van der Waals surface area contributed by atoms with Gasteiger partial charge in [0.25, 0.3) is 0 Å². The van der Waals surface area contributed by atoms with Gasteiger partial charge in [-0.2, -0.15) is 0 Å². The molecule has 1 heterocycles. The topological polar surface area (TPSA) is 24.1 Å². The number of allylic oxidation sites excluding steroid dienone is 4. The second kappa shape index (κ2) is 4.23. The summed E-state index contributed by atoms with van der Waals surface area (Å²) in [6.45, 7) is 7.26. The highest BCUT2D eigenvalue weighted by Gasteiger charge is 2.02. The number of rotatable bonds is 2. The van der Waals surface area contributed by atoms with Crippen molar-refractivity contribution in [2.75, 3.05) is 0 Å². The van der Waals surface area contributed by atoms with E-state index in [0.717, 1.165) is 11.4 Å². The van der Waals surface area contributed by atoms with Crippen LogP contribution in [0.5, 0.6) is 0 Å². The zero-order chi connectivity index (χ0) is 8.81. The molecule has 0 aromatic rings. The van der Waals surface area contributed by atoms with Gasteiger partial charge in [0, 0.05) is 12.4 Å². The maximum absolute atomic E-state index is 3.63. The van der Waals surface area contributed by atoms with E-state index < -0.39 is 0 Å². The lowest BCUT2D eigenvalue weighted by atomic mass is 10.2. The number of nitrogens with one attached hydrogen (secondary N) is 2. The molecule has 0 aromatic heterocycles. The maximum Gasteiger partial charge on any atom is 0.0619 e. The average molecular weight is 160 g/mol. The fourth-order valence-corrected chi connectivity index (χ4v) is 0.930. The molecule has 0 unspecified atom stereocenters. The van der Waals surface area contributed by atoms with Gasteiger partial charge >= 0.3 is 0 Å². The van der Waals surface area contributed by atoms with Gasteiger partial charge < -0.3 is 10.6 Å². The van der Waals surface area contributed by atoms with Gasteiger partial charge in [-0.15, -0.1) is 0 Å². The molecule has 0 aliphatic carbocycles. The first-order valence-electron chi connectivity index (χ1n) is 3.72. The molecule has 0 fully saturated rings. The van der Waals surface area contributed by atoms with E-state index in [1.54, 1.807) is 12.2 Å². The Labute approximate surface area is 72.7 Å². The molecule has 0 bridgehead atoms. The van der Waals surface area contributed by atoms with Crippen molar-refractivity contribution >= 4 is 0 Å². The van der Waals surface area contributed by atoms with E-state index in [2.05, 4.69) is 23.8 Å². The summed E-state index contributed by atoms with van der Waals surface area (Å²) in [7, 11) is 0. The van der Waals surface area contributed by atoms with Crippen LogP contribution in [0.4, 0.5) is 0 Å². The van der Waals surface area contributed by atoms with Crippen LogP contribution >= 0.6 is 0 Å². The van der Waals surface area contributed by atoms with Gasteiger partial charge in [-0.3, -0.25) is 0 Å². The molecule has 62 valence electrons. The maximum atomic E-state index is 3.63. The van der Waals surface area contributed by atoms with Crippen molar-refractivity contribution in [2.24, 2.45) is 0 Å². The highest BCUT2D eigenvalue weighted by Crippen LogP contribution is 2.06. The molecule has 0 aromatic carbocycles. The minimum atomic E-state index is 0.993. The van der Waals surface area contributed by atoms with Crippen LogP contribution in [-0.2, 0) is 0 Å². The Kier molecular flexibility index (Phi) is 2.96. The standard InChI is InChI=1S/C10H12N2/c1-3-5-9-10(6-4-2)12-8-7-11-9/h3-8,11-12H,1-2H2/b9-5+,10-6+. The third kappa shape index (κ3) is 1.89. The predicted octanol–water partition coefficient (Wildman–Crippen LogP) is 1.79. The largest absolute Gasteiger partial charge is 0.359 e. The van der Waals surface area contributed by atoms with Crippen LogP contribution in [-0.4, -0.2) is 0 Å². The molecule has 0 saturated heterocycles. The van der Waals surface area contributed by atoms with Gasteiger partial charge in [-0.05, 0) is 12.2 Å². The summed E-state index contributed by atoms with van der Waals surface area (Å²) in [5, 5.41) is 6.17. The molecule has 0 saturated carbocycles. The number of hydrogen-bond donors (Lipinski definition) is 2. The van der Waals surface area contributed by atoms with Crippen LogP contribution in [0, 0.1) is 0 Å². The van der Waals surface area contributed by atoms with Crippen molar-refractivity contribution in [1.82, 2.24) is 10.6 Å². The third-order valence-electron chi connectivity index (χ3n) is 1.42. The Hall–Kier alpha value is -1.70. The van der Waals surface area contributed by atoms with E-state index in [4.69, 9.17) is 0 Å². The summed E-state index contributed by atoms with van der Waals surface area (Å²) in [6.07, 6.45) is 10.9. The Bertz CT molecular complexity index is 242. The van der Waals surface area contributed by atoms with E-state index in [9.17, 15) is 0 Å². The molecule has 0 radical (unpaired) electrons. The van der Waals surface area contributed by atoms with E-state index >= 15 is 0 Å². The highest BCUT2D eigenvalue weighted by atomic mass is 15.0. The Morgan fingerprint density at radius 3 is 1.67 bits per heavy atom. The fourth-order valence-electron chi connectivity index (χ4n) is 0.930. The van der Waals surface area contributed by atoms with Crippen molar-refractivity contribution in [2.45, 2.75) is 0 Å². The molecule has 0 amide bonds. The van der Waals surface area contributed by atoms with Crippen LogP contribution in [0.2, 0.25) is 0 Å². The minimum Gasteiger partial charge on any atom is -0.359 e. The van der Waals surface area contributed by atoms with E-state index in [-0.39, 0.29) is 0 Å². The smallest absolute Gasteiger partial charge is 0.0619 e. The molecule has 2 heteroatoms. The zero-order valence-electron chi connectivity index (χ0n) is 6.88. The Morgan fingerprint density at radius 2 is 1.33 bits per heavy atom. The van der Waals surface area contributed by atoms with Gasteiger partial charge in [0.1, 0.15) is 0 Å². The fraction of sp³-hybridized carbons (Fsp3) is 0. The van der Waals surface area contributed by atoms with Crippen LogP contribution in [0.3, 0.4) is 0 Å². The highest BCUT2D eigenvalue weighted by molar-refractivity contribution is 5.37. The first-order chi connectivity index (χ1) is 5.88. The molecule has 1 rings (SSSR count).